The summed E-state index contributed by atoms with van der Waals surface area (Å²) in [6.45, 7) is 0. The van der Waals surface area contributed by atoms with Crippen LogP contribution in [0.1, 0.15) is 17.7 Å². The van der Waals surface area contributed by atoms with Crippen molar-refractivity contribution in [2.75, 3.05) is 0 Å². The van der Waals surface area contributed by atoms with Crippen LogP contribution in [0.3, 0.4) is 0 Å². The summed E-state index contributed by atoms with van der Waals surface area (Å²) in [5.41, 5.74) is 1.42. The maximum Gasteiger partial charge on any atom is 0.181 e. The van der Waals surface area contributed by atoms with Gasteiger partial charge < -0.3 is 5.11 Å². The first-order valence-electron chi connectivity index (χ1n) is 8.07. The summed E-state index contributed by atoms with van der Waals surface area (Å²) in [5, 5.41) is 16.7. The highest BCUT2D eigenvalue weighted by molar-refractivity contribution is 7.18. The van der Waals surface area contributed by atoms with E-state index < -0.39 is 11.8 Å². The summed E-state index contributed by atoms with van der Waals surface area (Å²) < 4.78 is 14.9. The molecule has 0 amide bonds. The van der Waals surface area contributed by atoms with Crippen LogP contribution in [0.2, 0.25) is 0 Å². The van der Waals surface area contributed by atoms with Gasteiger partial charge in [0.25, 0.3) is 0 Å². The first-order valence-corrected chi connectivity index (χ1v) is 8.89. The second kappa shape index (κ2) is 5.06. The summed E-state index contributed by atoms with van der Waals surface area (Å²) >= 11 is 1.43. The fraction of sp³-hybridized carbons (Fsp3) is 0.278. The molecule has 1 aliphatic carbocycles. The minimum absolute atomic E-state index is 0.175. The lowest BCUT2D eigenvalue weighted by atomic mass is 9.77. The summed E-state index contributed by atoms with van der Waals surface area (Å²) in [7, 11) is 1.87. The number of alkyl halides is 1. The average molecular weight is 354 g/mol. The third kappa shape index (κ3) is 2.34. The third-order valence-electron chi connectivity index (χ3n) is 4.73. The molecule has 5 rings (SSSR count). The van der Waals surface area contributed by atoms with E-state index in [4.69, 9.17) is 4.98 Å². The molecular formula is C18H15FN4OS. The number of thiophene rings is 1. The number of hydrogen-bond donors (Lipinski definition) is 1. The topological polar surface area (TPSA) is 63.8 Å². The molecular weight excluding hydrogens is 339 g/mol. The Morgan fingerprint density at radius 1 is 1.28 bits per heavy atom. The van der Waals surface area contributed by atoms with E-state index >= 15 is 0 Å². The Bertz CT molecular complexity index is 1110. The van der Waals surface area contributed by atoms with Gasteiger partial charge in [0, 0.05) is 53.5 Å². The zero-order valence-electron chi connectivity index (χ0n) is 13.5. The Hall–Kier alpha value is -2.38. The van der Waals surface area contributed by atoms with Crippen molar-refractivity contribution >= 4 is 32.6 Å². The molecule has 25 heavy (non-hydrogen) atoms. The van der Waals surface area contributed by atoms with Gasteiger partial charge >= 0.3 is 0 Å². The van der Waals surface area contributed by atoms with E-state index in [1.54, 1.807) is 10.9 Å². The van der Waals surface area contributed by atoms with Crippen molar-refractivity contribution in [3.8, 4) is 11.3 Å². The quantitative estimate of drug-likeness (QED) is 0.598. The van der Waals surface area contributed by atoms with Gasteiger partial charge in [0.2, 0.25) is 0 Å². The highest BCUT2D eigenvalue weighted by Gasteiger charge is 2.45. The molecule has 1 aliphatic rings. The molecule has 0 aromatic carbocycles. The zero-order valence-corrected chi connectivity index (χ0v) is 14.3. The number of halogens is 1. The third-order valence-corrected chi connectivity index (χ3v) is 5.97. The highest BCUT2D eigenvalue weighted by atomic mass is 32.1. The Labute approximate surface area is 146 Å². The molecule has 4 aromatic rings. The molecule has 0 spiro atoms. The monoisotopic (exact) mass is 354 g/mol. The van der Waals surface area contributed by atoms with E-state index in [-0.39, 0.29) is 12.8 Å². The number of hydrogen-bond acceptors (Lipinski definition) is 5. The van der Waals surface area contributed by atoms with Crippen molar-refractivity contribution in [1.82, 2.24) is 19.7 Å². The average Bonchev–Trinajstić information content (AvgIpc) is 3.14. The first-order chi connectivity index (χ1) is 12.0. The van der Waals surface area contributed by atoms with Crippen LogP contribution in [0.4, 0.5) is 4.39 Å². The fourth-order valence-electron chi connectivity index (χ4n) is 3.35. The molecule has 0 radical (unpaired) electrons. The van der Waals surface area contributed by atoms with Crippen LogP contribution in [0.25, 0.3) is 32.5 Å². The minimum atomic E-state index is -1.03. The van der Waals surface area contributed by atoms with Crippen molar-refractivity contribution in [2.45, 2.75) is 24.6 Å². The van der Waals surface area contributed by atoms with Crippen LogP contribution in [-0.4, -0.2) is 31.0 Å². The van der Waals surface area contributed by atoms with E-state index in [2.05, 4.69) is 10.1 Å². The lowest BCUT2D eigenvalue weighted by molar-refractivity contribution is -0.0865. The van der Waals surface area contributed by atoms with Crippen molar-refractivity contribution in [3.05, 3.63) is 41.5 Å². The van der Waals surface area contributed by atoms with Gasteiger partial charge in [-0.1, -0.05) is 0 Å². The highest BCUT2D eigenvalue weighted by Crippen LogP contribution is 2.46. The molecule has 5 nitrogen and oxygen atoms in total. The summed E-state index contributed by atoms with van der Waals surface area (Å²) in [6.07, 6.45) is 3.14. The number of nitrogens with zero attached hydrogens (tertiary/aromatic N) is 4. The molecule has 4 heterocycles. The number of aryl methyl sites for hydroxylation is 1. The number of pyridine rings is 2. The van der Waals surface area contributed by atoms with Crippen molar-refractivity contribution in [2.24, 2.45) is 7.05 Å². The summed E-state index contributed by atoms with van der Waals surface area (Å²) in [5.74, 6) is 0. The Balaban J connectivity index is 1.57. The molecule has 0 atom stereocenters. The van der Waals surface area contributed by atoms with Gasteiger partial charge in [0.05, 0.1) is 5.69 Å². The van der Waals surface area contributed by atoms with E-state index in [9.17, 15) is 9.50 Å². The van der Waals surface area contributed by atoms with Crippen LogP contribution >= 0.6 is 11.3 Å². The minimum Gasteiger partial charge on any atom is -0.384 e. The lowest BCUT2D eigenvalue weighted by Crippen LogP contribution is -2.41. The van der Waals surface area contributed by atoms with Gasteiger partial charge in [-0.3, -0.25) is 4.68 Å². The largest absolute Gasteiger partial charge is 0.384 e. The summed E-state index contributed by atoms with van der Waals surface area (Å²) in [6, 6.07) is 7.87. The second-order valence-corrected chi connectivity index (χ2v) is 7.71. The molecule has 7 heteroatoms. The molecule has 0 unspecified atom stereocenters. The molecule has 1 saturated carbocycles. The molecule has 1 N–H and O–H groups in total. The lowest BCUT2D eigenvalue weighted by Gasteiger charge is -2.38. The molecule has 0 bridgehead atoms. The van der Waals surface area contributed by atoms with E-state index in [1.807, 2.05) is 37.5 Å². The standard InChI is InChI=1S/C18H15FN4OS/c1-23-9-12-4-11(8-20-16(12)22-23)14-3-2-10-5-15(25-17(10)21-14)18(24)6-13(19)7-18/h2-5,8-9,13,24H,6-7H2,1H3. The van der Waals surface area contributed by atoms with Crippen LogP contribution in [0.15, 0.2) is 36.7 Å². The summed E-state index contributed by atoms with van der Waals surface area (Å²) in [4.78, 5) is 10.7. The van der Waals surface area contributed by atoms with Gasteiger partial charge in [0.1, 0.15) is 16.6 Å². The van der Waals surface area contributed by atoms with Crippen molar-refractivity contribution in [3.63, 3.8) is 0 Å². The van der Waals surface area contributed by atoms with Crippen LogP contribution < -0.4 is 0 Å². The fourth-order valence-corrected chi connectivity index (χ4v) is 4.49. The van der Waals surface area contributed by atoms with Crippen molar-refractivity contribution < 1.29 is 9.50 Å². The van der Waals surface area contributed by atoms with Gasteiger partial charge in [-0.05, 0) is 24.3 Å². The molecule has 0 aliphatic heterocycles. The smallest absolute Gasteiger partial charge is 0.181 e. The Kier molecular flexibility index (Phi) is 3.02. The predicted molar refractivity (Wildman–Crippen MR) is 95.1 cm³/mol. The maximum atomic E-state index is 13.2. The Morgan fingerprint density at radius 2 is 2.12 bits per heavy atom. The predicted octanol–water partition coefficient (Wildman–Crippen LogP) is 3.56. The molecule has 0 saturated heterocycles. The van der Waals surface area contributed by atoms with Gasteiger partial charge in [-0.15, -0.1) is 11.3 Å². The zero-order chi connectivity index (χ0) is 17.2. The van der Waals surface area contributed by atoms with Gasteiger partial charge in [-0.25, -0.2) is 14.4 Å². The van der Waals surface area contributed by atoms with Gasteiger partial charge in [0.15, 0.2) is 5.65 Å². The number of fused-ring (bicyclic) bond motifs is 2. The number of aliphatic hydroxyl groups is 1. The van der Waals surface area contributed by atoms with E-state index in [0.29, 0.717) is 5.65 Å². The first kappa shape index (κ1) is 14.9. The molecule has 4 aromatic heterocycles. The number of rotatable bonds is 2. The van der Waals surface area contributed by atoms with E-state index in [1.165, 1.54) is 11.3 Å². The number of aromatic nitrogens is 4. The Morgan fingerprint density at radius 3 is 2.92 bits per heavy atom. The SMILES string of the molecule is Cn1cc2cc(-c3ccc4cc(C5(O)CC(F)C5)sc4n3)cnc2n1. The van der Waals surface area contributed by atoms with Crippen LogP contribution in [-0.2, 0) is 12.6 Å². The van der Waals surface area contributed by atoms with Gasteiger partial charge in [-0.2, -0.15) is 5.10 Å². The second-order valence-electron chi connectivity index (χ2n) is 6.68. The molecule has 1 fully saturated rings. The van der Waals surface area contributed by atoms with Crippen molar-refractivity contribution in [1.29, 1.82) is 0 Å². The van der Waals surface area contributed by atoms with Crippen LogP contribution in [0, 0.1) is 0 Å². The maximum absolute atomic E-state index is 13.2. The normalized spacial score (nSPS) is 23.2. The molecule has 126 valence electrons. The van der Waals surface area contributed by atoms with Crippen LogP contribution in [0.5, 0.6) is 0 Å². The van der Waals surface area contributed by atoms with E-state index in [0.717, 1.165) is 31.7 Å².